The normalized spacial score (nSPS) is 36.4. The summed E-state index contributed by atoms with van der Waals surface area (Å²) in [5.41, 5.74) is 0.491. The molecule has 0 radical (unpaired) electrons. The van der Waals surface area contributed by atoms with Gasteiger partial charge >= 0.3 is 11.9 Å². The summed E-state index contributed by atoms with van der Waals surface area (Å²) in [5.74, 6) is -0.411. The molecule has 0 aromatic heterocycles. The van der Waals surface area contributed by atoms with E-state index in [0.717, 1.165) is 49.7 Å². The molecule has 2 aliphatic heterocycles. The second-order valence-electron chi connectivity index (χ2n) is 15.4. The fraction of sp³-hybridized carbons (Fsp3) is 0.641. The van der Waals surface area contributed by atoms with E-state index < -0.39 is 17.0 Å². The molecule has 0 N–H and O–H groups in total. The number of rotatable bonds is 9. The number of esters is 2. The largest absolute Gasteiger partial charge is 0.465 e. The van der Waals surface area contributed by atoms with E-state index in [4.69, 9.17) is 23.7 Å². The van der Waals surface area contributed by atoms with Gasteiger partial charge in [0.2, 0.25) is 0 Å². The lowest BCUT2D eigenvalue weighted by Crippen LogP contribution is -2.69. The van der Waals surface area contributed by atoms with Crippen molar-refractivity contribution >= 4 is 11.9 Å². The molecule has 2 saturated heterocycles. The third-order valence-electron chi connectivity index (χ3n) is 12.1. The summed E-state index contributed by atoms with van der Waals surface area (Å²) in [6.45, 7) is 12.2. The van der Waals surface area contributed by atoms with Crippen LogP contribution in [0.5, 0.6) is 0 Å². The molecule has 1 spiro atoms. The minimum absolute atomic E-state index is 0.107. The Balaban J connectivity index is 1.22. The van der Waals surface area contributed by atoms with Crippen LogP contribution in [0.4, 0.5) is 0 Å². The van der Waals surface area contributed by atoms with Crippen molar-refractivity contribution in [1.82, 2.24) is 0 Å². The fourth-order valence-electron chi connectivity index (χ4n) is 9.54. The molecule has 46 heavy (non-hydrogen) atoms. The van der Waals surface area contributed by atoms with Crippen LogP contribution in [0.2, 0.25) is 0 Å². The van der Waals surface area contributed by atoms with Gasteiger partial charge in [0.05, 0.1) is 37.8 Å². The third-order valence-corrected chi connectivity index (χ3v) is 12.1. The zero-order chi connectivity index (χ0) is 32.6. The summed E-state index contributed by atoms with van der Waals surface area (Å²) in [4.78, 5) is 25.9. The van der Waals surface area contributed by atoms with Crippen molar-refractivity contribution in [2.75, 3.05) is 19.8 Å². The van der Waals surface area contributed by atoms with Crippen LogP contribution in [0.15, 0.2) is 60.7 Å². The Hall–Kier alpha value is -2.74. The first-order valence-electron chi connectivity index (χ1n) is 17.3. The van der Waals surface area contributed by atoms with Gasteiger partial charge in [0.25, 0.3) is 0 Å². The Morgan fingerprint density at radius 2 is 1.43 bits per heavy atom. The van der Waals surface area contributed by atoms with E-state index >= 15 is 0 Å². The van der Waals surface area contributed by atoms with Gasteiger partial charge in [-0.1, -0.05) is 81.4 Å². The SMILES string of the molecule is C[C@@H]1CC[C@@H]2[C@]3(C)COC(C)(C)O[C@@H]3CC[C@]2(C)[C@]12CC[C@@](CCOC(=O)Cc1ccccc1)(COC(=O)Cc1ccccc1)O2. The molecular weight excluding hydrogens is 580 g/mol. The van der Waals surface area contributed by atoms with Gasteiger partial charge in [-0.25, -0.2) is 0 Å². The monoisotopic (exact) mass is 632 g/mol. The van der Waals surface area contributed by atoms with Crippen molar-refractivity contribution in [3.63, 3.8) is 0 Å². The van der Waals surface area contributed by atoms with Crippen LogP contribution < -0.4 is 0 Å². The van der Waals surface area contributed by atoms with Gasteiger partial charge in [-0.05, 0) is 75.3 Å². The minimum atomic E-state index is -0.738. The molecule has 2 aromatic carbocycles. The van der Waals surface area contributed by atoms with Crippen molar-refractivity contribution in [3.8, 4) is 0 Å². The number of hydrogen-bond acceptors (Lipinski definition) is 7. The lowest BCUT2D eigenvalue weighted by Gasteiger charge is -2.67. The van der Waals surface area contributed by atoms with Crippen LogP contribution in [-0.4, -0.2) is 54.9 Å². The first-order valence-corrected chi connectivity index (χ1v) is 17.3. The van der Waals surface area contributed by atoms with Crippen molar-refractivity contribution in [3.05, 3.63) is 71.8 Å². The van der Waals surface area contributed by atoms with Gasteiger partial charge in [-0.15, -0.1) is 0 Å². The van der Waals surface area contributed by atoms with E-state index in [-0.39, 0.29) is 54.9 Å². The van der Waals surface area contributed by atoms with Crippen LogP contribution >= 0.6 is 0 Å². The molecular formula is C39H52O7. The third kappa shape index (κ3) is 6.27. The van der Waals surface area contributed by atoms with E-state index in [1.165, 1.54) is 0 Å². The lowest BCUT2D eigenvalue weighted by molar-refractivity contribution is -0.359. The Morgan fingerprint density at radius 1 is 0.804 bits per heavy atom. The zero-order valence-corrected chi connectivity index (χ0v) is 28.3. The molecule has 0 bridgehead atoms. The quantitative estimate of drug-likeness (QED) is 0.270. The van der Waals surface area contributed by atoms with Crippen LogP contribution in [0, 0.1) is 22.7 Å². The molecule has 7 atom stereocenters. The molecule has 2 saturated carbocycles. The van der Waals surface area contributed by atoms with Gasteiger partial charge < -0.3 is 23.7 Å². The van der Waals surface area contributed by atoms with Crippen molar-refractivity contribution in [2.24, 2.45) is 22.7 Å². The average Bonchev–Trinajstić information content (AvgIpc) is 3.42. The predicted octanol–water partition coefficient (Wildman–Crippen LogP) is 7.24. The number of ether oxygens (including phenoxy) is 5. The first kappa shape index (κ1) is 33.2. The molecule has 0 amide bonds. The van der Waals surface area contributed by atoms with Crippen molar-refractivity contribution in [1.29, 1.82) is 0 Å². The molecule has 4 aliphatic rings. The summed E-state index contributed by atoms with van der Waals surface area (Å²) in [7, 11) is 0. The lowest BCUT2D eigenvalue weighted by atomic mass is 9.43. The van der Waals surface area contributed by atoms with Gasteiger partial charge in [0.1, 0.15) is 12.2 Å². The van der Waals surface area contributed by atoms with Gasteiger partial charge in [0, 0.05) is 17.3 Å². The van der Waals surface area contributed by atoms with E-state index in [0.29, 0.717) is 24.9 Å². The minimum Gasteiger partial charge on any atom is -0.465 e. The summed E-state index contributed by atoms with van der Waals surface area (Å²) in [6.07, 6.45) is 6.82. The zero-order valence-electron chi connectivity index (χ0n) is 28.3. The van der Waals surface area contributed by atoms with Gasteiger partial charge in [0.15, 0.2) is 5.79 Å². The number of hydrogen-bond donors (Lipinski definition) is 0. The molecule has 6 rings (SSSR count). The molecule has 2 aromatic rings. The number of carbonyl (C=O) groups is 2. The highest BCUT2D eigenvalue weighted by Gasteiger charge is 2.70. The highest BCUT2D eigenvalue weighted by Crippen LogP contribution is 2.69. The summed E-state index contributed by atoms with van der Waals surface area (Å²) in [6, 6.07) is 19.3. The molecule has 7 nitrogen and oxygen atoms in total. The van der Waals surface area contributed by atoms with Crippen molar-refractivity contribution < 1.29 is 33.3 Å². The van der Waals surface area contributed by atoms with E-state index in [2.05, 4.69) is 20.8 Å². The standard InChI is InChI=1S/C39H52O7/c1-28-16-17-31-36(4)26-44-35(2,3)45-32(36)18-19-37(31,5)39(28)21-20-38(46-39,27-43-34(41)25-30-14-10-7-11-15-30)22-23-42-33(40)24-29-12-8-6-9-13-29/h6-15,28,31-32H,16-27H2,1-5H3/t28-,31-,32-,36+,37+,38-,39+/m1/s1. The van der Waals surface area contributed by atoms with E-state index in [1.54, 1.807) is 0 Å². The maximum atomic E-state index is 13.1. The molecule has 7 heteroatoms. The number of carbonyl (C=O) groups excluding carboxylic acids is 2. The fourth-order valence-corrected chi connectivity index (χ4v) is 9.54. The second-order valence-corrected chi connectivity index (χ2v) is 15.4. The predicted molar refractivity (Wildman–Crippen MR) is 175 cm³/mol. The van der Waals surface area contributed by atoms with E-state index in [1.807, 2.05) is 74.5 Å². The Kier molecular flexibility index (Phi) is 9.16. The van der Waals surface area contributed by atoms with Crippen LogP contribution in [-0.2, 0) is 46.1 Å². The molecule has 2 heterocycles. The Bertz CT molecular complexity index is 1380. The highest BCUT2D eigenvalue weighted by atomic mass is 16.7. The molecule has 2 aliphatic carbocycles. The summed E-state index contributed by atoms with van der Waals surface area (Å²) < 4.78 is 32.1. The summed E-state index contributed by atoms with van der Waals surface area (Å²) >= 11 is 0. The average molecular weight is 633 g/mol. The molecule has 250 valence electrons. The van der Waals surface area contributed by atoms with Gasteiger partial charge in [-0.3, -0.25) is 9.59 Å². The van der Waals surface area contributed by atoms with Gasteiger partial charge in [-0.2, -0.15) is 0 Å². The first-order chi connectivity index (χ1) is 21.9. The topological polar surface area (TPSA) is 80.3 Å². The highest BCUT2D eigenvalue weighted by molar-refractivity contribution is 5.73. The molecule has 4 fully saturated rings. The van der Waals surface area contributed by atoms with Crippen LogP contribution in [0.3, 0.4) is 0 Å². The second kappa shape index (κ2) is 12.7. The van der Waals surface area contributed by atoms with Crippen LogP contribution in [0.25, 0.3) is 0 Å². The van der Waals surface area contributed by atoms with Crippen LogP contribution in [0.1, 0.15) is 90.7 Å². The Labute approximate surface area is 274 Å². The summed E-state index contributed by atoms with van der Waals surface area (Å²) in [5, 5.41) is 0. The Morgan fingerprint density at radius 3 is 2.09 bits per heavy atom. The van der Waals surface area contributed by atoms with E-state index in [9.17, 15) is 9.59 Å². The number of benzene rings is 2. The smallest absolute Gasteiger partial charge is 0.310 e. The number of fused-ring (bicyclic) bond motifs is 4. The maximum Gasteiger partial charge on any atom is 0.310 e. The molecule has 0 unspecified atom stereocenters. The maximum absolute atomic E-state index is 13.1. The van der Waals surface area contributed by atoms with Crippen molar-refractivity contribution in [2.45, 2.75) is 115 Å².